The third-order valence-corrected chi connectivity index (χ3v) is 2.64. The number of halogens is 1. The van der Waals surface area contributed by atoms with Crippen molar-refractivity contribution in [2.45, 2.75) is 0 Å². The molecule has 0 aliphatic rings. The van der Waals surface area contributed by atoms with E-state index in [1.807, 2.05) is 18.2 Å². The van der Waals surface area contributed by atoms with Crippen LogP contribution >= 0.6 is 22.9 Å². The van der Waals surface area contributed by atoms with E-state index in [2.05, 4.69) is 12.1 Å². The fraction of sp³-hybridized carbons (Fsp3) is 0. The molecule has 0 unspecified atom stereocenters. The van der Waals surface area contributed by atoms with Crippen molar-refractivity contribution in [3.05, 3.63) is 34.7 Å². The molecule has 3 heteroatoms. The molecule has 0 saturated carbocycles. The number of hydrogen-bond acceptors (Lipinski definition) is 1. The second kappa shape index (κ2) is 3.66. The van der Waals surface area contributed by atoms with Crippen LogP contribution in [0.3, 0.4) is 0 Å². The van der Waals surface area contributed by atoms with E-state index in [-0.39, 0.29) is 19.5 Å². The Morgan fingerprint density at radius 2 is 1.91 bits per heavy atom. The minimum atomic E-state index is 0. The van der Waals surface area contributed by atoms with Crippen molar-refractivity contribution in [1.82, 2.24) is 0 Å². The molecule has 0 aliphatic carbocycles. The van der Waals surface area contributed by atoms with Gasteiger partial charge in [0.25, 0.3) is 0 Å². The van der Waals surface area contributed by atoms with Crippen molar-refractivity contribution in [2.75, 3.05) is 0 Å². The topological polar surface area (TPSA) is 0 Å². The van der Waals surface area contributed by atoms with Crippen LogP contribution in [0.1, 0.15) is 0 Å². The molecule has 11 heavy (non-hydrogen) atoms. The van der Waals surface area contributed by atoms with Gasteiger partial charge in [0, 0.05) is 24.2 Å². The largest absolute Gasteiger partial charge is 0.123 e. The van der Waals surface area contributed by atoms with Crippen molar-refractivity contribution in [3.8, 4) is 0 Å². The summed E-state index contributed by atoms with van der Waals surface area (Å²) in [5.41, 5.74) is 0. The van der Waals surface area contributed by atoms with E-state index in [0.717, 1.165) is 4.34 Å². The summed E-state index contributed by atoms with van der Waals surface area (Å²) in [6, 6.07) is 10.2. The van der Waals surface area contributed by atoms with Gasteiger partial charge in [-0.25, -0.2) is 0 Å². The molecule has 52 valence electrons. The van der Waals surface area contributed by atoms with Crippen molar-refractivity contribution in [3.63, 3.8) is 0 Å². The molecule has 0 radical (unpaired) electrons. The Morgan fingerprint density at radius 1 is 1.18 bits per heavy atom. The first-order chi connectivity index (χ1) is 4.86. The number of rotatable bonds is 0. The maximum Gasteiger partial charge on any atom is 0.0940 e. The normalized spacial score (nSPS) is 9.55. The van der Waals surface area contributed by atoms with E-state index in [0.29, 0.717) is 0 Å². The minimum Gasteiger partial charge on any atom is -0.123 e. The Balaban J connectivity index is 0.000000605. The third-order valence-electron chi connectivity index (χ3n) is 1.40. The molecule has 2 aromatic rings. The summed E-state index contributed by atoms with van der Waals surface area (Å²) in [7, 11) is 0. The van der Waals surface area contributed by atoms with Gasteiger partial charge in [0.2, 0.25) is 0 Å². The summed E-state index contributed by atoms with van der Waals surface area (Å²) in [5, 5.41) is 1.23. The third kappa shape index (κ3) is 1.81. The molecule has 0 N–H and O–H groups in total. The van der Waals surface area contributed by atoms with Crippen LogP contribution in [0.25, 0.3) is 10.1 Å². The van der Waals surface area contributed by atoms with Crippen molar-refractivity contribution < 1.29 is 19.5 Å². The molecule has 1 aromatic heterocycles. The number of fused-ring (bicyclic) bond motifs is 1. The van der Waals surface area contributed by atoms with E-state index in [4.69, 9.17) is 11.6 Å². The molecular weight excluding hydrogens is 229 g/mol. The Morgan fingerprint density at radius 3 is 2.64 bits per heavy atom. The molecule has 0 nitrogen and oxygen atoms in total. The quantitative estimate of drug-likeness (QED) is 0.611. The van der Waals surface area contributed by atoms with Gasteiger partial charge in [-0.1, -0.05) is 29.8 Å². The zero-order valence-electron chi connectivity index (χ0n) is 5.88. The summed E-state index contributed by atoms with van der Waals surface area (Å²) in [4.78, 5) is 0. The second-order valence-corrected chi connectivity index (χ2v) is 3.80. The molecule has 0 atom stereocenters. The van der Waals surface area contributed by atoms with Crippen molar-refractivity contribution in [1.29, 1.82) is 0 Å². The van der Waals surface area contributed by atoms with Crippen molar-refractivity contribution >= 4 is 33.0 Å². The van der Waals surface area contributed by atoms with E-state index >= 15 is 0 Å². The van der Waals surface area contributed by atoms with Crippen LogP contribution in [0.5, 0.6) is 0 Å². The van der Waals surface area contributed by atoms with Crippen LogP contribution in [0.4, 0.5) is 0 Å². The van der Waals surface area contributed by atoms with Crippen LogP contribution in [0.2, 0.25) is 4.34 Å². The Labute approximate surface area is 86.9 Å². The molecule has 2 rings (SSSR count). The van der Waals surface area contributed by atoms with E-state index < -0.39 is 0 Å². The van der Waals surface area contributed by atoms with E-state index in [1.54, 1.807) is 11.3 Å². The van der Waals surface area contributed by atoms with Crippen LogP contribution in [-0.2, 0) is 19.5 Å². The van der Waals surface area contributed by atoms with Crippen LogP contribution in [0, 0.1) is 0 Å². The Hall–Kier alpha value is 0.0934. The van der Waals surface area contributed by atoms with Crippen LogP contribution < -0.4 is 0 Å². The van der Waals surface area contributed by atoms with Crippen LogP contribution in [-0.4, -0.2) is 0 Å². The summed E-state index contributed by atoms with van der Waals surface area (Å²) >= 11 is 7.42. The molecule has 0 saturated heterocycles. The average molecular weight is 234 g/mol. The Bertz CT molecular complexity index is 323. The standard InChI is InChI=1S/C8H5ClS.Zn/c9-8-5-6-3-1-2-4-7(6)10-8;/h1-5H;. The van der Waals surface area contributed by atoms with Gasteiger partial charge >= 0.3 is 0 Å². The smallest absolute Gasteiger partial charge is 0.0940 e. The molecule has 1 aromatic carbocycles. The average Bonchev–Trinajstić information content (AvgIpc) is 2.27. The fourth-order valence-corrected chi connectivity index (χ4v) is 2.10. The minimum absolute atomic E-state index is 0. The summed E-state index contributed by atoms with van der Waals surface area (Å²) in [6.45, 7) is 0. The predicted molar refractivity (Wildman–Crippen MR) is 46.8 cm³/mol. The molecule has 1 heterocycles. The maximum absolute atomic E-state index is 5.80. The summed E-state index contributed by atoms with van der Waals surface area (Å²) in [6.07, 6.45) is 0. The molecule has 0 bridgehead atoms. The summed E-state index contributed by atoms with van der Waals surface area (Å²) < 4.78 is 2.12. The van der Waals surface area contributed by atoms with Gasteiger partial charge in [-0.3, -0.25) is 0 Å². The van der Waals surface area contributed by atoms with Gasteiger partial charge in [-0.05, 0) is 17.5 Å². The van der Waals surface area contributed by atoms with Crippen LogP contribution in [0.15, 0.2) is 30.3 Å². The maximum atomic E-state index is 5.80. The van der Waals surface area contributed by atoms with Gasteiger partial charge in [0.15, 0.2) is 0 Å². The summed E-state index contributed by atoms with van der Waals surface area (Å²) in [5.74, 6) is 0. The first-order valence-corrected chi connectivity index (χ1v) is 4.20. The van der Waals surface area contributed by atoms with Gasteiger partial charge in [-0.2, -0.15) is 0 Å². The molecule has 0 spiro atoms. The number of hydrogen-bond donors (Lipinski definition) is 0. The van der Waals surface area contributed by atoms with Gasteiger partial charge in [0.05, 0.1) is 4.34 Å². The monoisotopic (exact) mass is 232 g/mol. The van der Waals surface area contributed by atoms with Gasteiger partial charge in [0.1, 0.15) is 0 Å². The zero-order chi connectivity index (χ0) is 6.97. The zero-order valence-corrected chi connectivity index (χ0v) is 10.4. The first kappa shape index (κ1) is 9.18. The fourth-order valence-electron chi connectivity index (χ4n) is 0.949. The SMILES string of the molecule is Clc1cc2ccccc2s1.[Zn]. The number of benzene rings is 1. The van der Waals surface area contributed by atoms with Gasteiger partial charge < -0.3 is 0 Å². The van der Waals surface area contributed by atoms with E-state index in [9.17, 15) is 0 Å². The number of thiophene rings is 1. The molecule has 0 fully saturated rings. The second-order valence-electron chi connectivity index (χ2n) is 2.09. The Kier molecular flexibility index (Phi) is 3.06. The van der Waals surface area contributed by atoms with Crippen molar-refractivity contribution in [2.24, 2.45) is 0 Å². The van der Waals surface area contributed by atoms with Gasteiger partial charge in [-0.15, -0.1) is 11.3 Å². The predicted octanol–water partition coefficient (Wildman–Crippen LogP) is 3.55. The first-order valence-electron chi connectivity index (χ1n) is 3.00. The van der Waals surface area contributed by atoms with E-state index in [1.165, 1.54) is 10.1 Å². The molecular formula is C8H5ClSZn. The molecule has 0 amide bonds. The molecule has 0 aliphatic heterocycles.